The maximum atomic E-state index is 12.2. The van der Waals surface area contributed by atoms with Crippen LogP contribution in [0.3, 0.4) is 0 Å². The molecule has 2 rings (SSSR count). The van der Waals surface area contributed by atoms with E-state index in [1.165, 1.54) is 5.56 Å². The molecule has 0 aliphatic carbocycles. The predicted octanol–water partition coefficient (Wildman–Crippen LogP) is 4.40. The quantitative estimate of drug-likeness (QED) is 0.856. The van der Waals surface area contributed by atoms with E-state index in [1.54, 1.807) is 6.92 Å². The zero-order valence-corrected chi connectivity index (χ0v) is 14.6. The van der Waals surface area contributed by atoms with Crippen molar-refractivity contribution in [3.8, 4) is 5.75 Å². The van der Waals surface area contributed by atoms with Crippen LogP contribution in [-0.4, -0.2) is 12.0 Å². The highest BCUT2D eigenvalue weighted by Gasteiger charge is 2.17. The molecular formula is C18H20BrNO2. The summed E-state index contributed by atoms with van der Waals surface area (Å²) >= 11 is 3.37. The number of ether oxygens (including phenoxy) is 1. The molecule has 22 heavy (non-hydrogen) atoms. The third-order valence-electron chi connectivity index (χ3n) is 3.43. The zero-order chi connectivity index (χ0) is 16.1. The fraction of sp³-hybridized carbons (Fsp3) is 0.278. The molecule has 0 spiro atoms. The summed E-state index contributed by atoms with van der Waals surface area (Å²) in [7, 11) is 0. The summed E-state index contributed by atoms with van der Waals surface area (Å²) in [6.07, 6.45) is -0.547. The minimum Gasteiger partial charge on any atom is -0.481 e. The van der Waals surface area contributed by atoms with Crippen molar-refractivity contribution in [2.24, 2.45) is 0 Å². The van der Waals surface area contributed by atoms with Crippen LogP contribution in [-0.2, 0) is 4.79 Å². The molecule has 0 bridgehead atoms. The van der Waals surface area contributed by atoms with Gasteiger partial charge in [0.05, 0.1) is 6.04 Å². The molecule has 0 fully saturated rings. The number of aryl methyl sites for hydroxylation is 1. The topological polar surface area (TPSA) is 38.3 Å². The van der Waals surface area contributed by atoms with Crippen LogP contribution in [0.2, 0.25) is 0 Å². The molecule has 0 aliphatic rings. The first-order valence-corrected chi connectivity index (χ1v) is 8.04. The summed E-state index contributed by atoms with van der Waals surface area (Å²) in [4.78, 5) is 12.2. The van der Waals surface area contributed by atoms with Crippen molar-refractivity contribution in [2.75, 3.05) is 0 Å². The fourth-order valence-electron chi connectivity index (χ4n) is 2.04. The van der Waals surface area contributed by atoms with Gasteiger partial charge in [-0.25, -0.2) is 0 Å². The largest absolute Gasteiger partial charge is 0.481 e. The molecule has 0 saturated heterocycles. The molecule has 116 valence electrons. The van der Waals surface area contributed by atoms with E-state index >= 15 is 0 Å². The van der Waals surface area contributed by atoms with Gasteiger partial charge in [-0.15, -0.1) is 0 Å². The lowest BCUT2D eigenvalue weighted by molar-refractivity contribution is -0.127. The number of nitrogens with one attached hydrogen (secondary N) is 1. The van der Waals surface area contributed by atoms with Gasteiger partial charge in [-0.3, -0.25) is 4.79 Å². The van der Waals surface area contributed by atoms with E-state index in [4.69, 9.17) is 4.74 Å². The van der Waals surface area contributed by atoms with Gasteiger partial charge in [0.2, 0.25) is 0 Å². The van der Waals surface area contributed by atoms with Crippen LogP contribution in [0, 0.1) is 6.92 Å². The average molecular weight is 362 g/mol. The minimum absolute atomic E-state index is 0.0518. The molecule has 1 N–H and O–H groups in total. The molecule has 4 heteroatoms. The van der Waals surface area contributed by atoms with E-state index in [-0.39, 0.29) is 11.9 Å². The van der Waals surface area contributed by atoms with Crippen LogP contribution in [0.5, 0.6) is 5.75 Å². The number of hydrogen-bond donors (Lipinski definition) is 1. The van der Waals surface area contributed by atoms with Crippen LogP contribution in [0.25, 0.3) is 0 Å². The third kappa shape index (κ3) is 4.60. The van der Waals surface area contributed by atoms with E-state index in [1.807, 2.05) is 62.4 Å². The SMILES string of the molecule is Cc1ccc([C@H](C)NC(=O)[C@@H](C)Oc2ccc(Br)cc2)cc1. The molecule has 0 aromatic heterocycles. The van der Waals surface area contributed by atoms with Crippen LogP contribution < -0.4 is 10.1 Å². The number of carbonyl (C=O) groups is 1. The van der Waals surface area contributed by atoms with Crippen LogP contribution >= 0.6 is 15.9 Å². The summed E-state index contributed by atoms with van der Waals surface area (Å²) in [6.45, 7) is 5.76. The van der Waals surface area contributed by atoms with Crippen LogP contribution in [0.1, 0.15) is 31.0 Å². The number of benzene rings is 2. The molecule has 0 unspecified atom stereocenters. The van der Waals surface area contributed by atoms with E-state index in [0.29, 0.717) is 5.75 Å². The van der Waals surface area contributed by atoms with Crippen LogP contribution in [0.4, 0.5) is 0 Å². The van der Waals surface area contributed by atoms with Gasteiger partial charge in [-0.05, 0) is 50.6 Å². The van der Waals surface area contributed by atoms with Crippen molar-refractivity contribution in [1.82, 2.24) is 5.32 Å². The molecule has 0 aliphatic heterocycles. The number of hydrogen-bond acceptors (Lipinski definition) is 2. The van der Waals surface area contributed by atoms with Gasteiger partial charge in [-0.2, -0.15) is 0 Å². The second kappa shape index (κ2) is 7.45. The van der Waals surface area contributed by atoms with Crippen molar-refractivity contribution >= 4 is 21.8 Å². The lowest BCUT2D eigenvalue weighted by Crippen LogP contribution is -2.37. The molecule has 3 nitrogen and oxygen atoms in total. The monoisotopic (exact) mass is 361 g/mol. The van der Waals surface area contributed by atoms with Gasteiger partial charge in [0, 0.05) is 4.47 Å². The van der Waals surface area contributed by atoms with Crippen molar-refractivity contribution in [3.63, 3.8) is 0 Å². The Morgan fingerprint density at radius 2 is 1.64 bits per heavy atom. The van der Waals surface area contributed by atoms with Crippen LogP contribution in [0.15, 0.2) is 53.0 Å². The second-order valence-corrected chi connectivity index (χ2v) is 6.27. The van der Waals surface area contributed by atoms with Crippen molar-refractivity contribution < 1.29 is 9.53 Å². The summed E-state index contributed by atoms with van der Waals surface area (Å²) in [5.41, 5.74) is 2.28. The standard InChI is InChI=1S/C18H20BrNO2/c1-12-4-6-15(7-5-12)13(2)20-18(21)14(3)22-17-10-8-16(19)9-11-17/h4-11,13-14H,1-3H3,(H,20,21)/t13-,14+/m0/s1. The highest BCUT2D eigenvalue weighted by molar-refractivity contribution is 9.10. The maximum absolute atomic E-state index is 12.2. The van der Waals surface area contributed by atoms with Gasteiger partial charge in [0.25, 0.3) is 5.91 Å². The highest BCUT2D eigenvalue weighted by Crippen LogP contribution is 2.18. The Bertz CT molecular complexity index is 623. The summed E-state index contributed by atoms with van der Waals surface area (Å²) in [5.74, 6) is 0.546. The first-order chi connectivity index (χ1) is 10.5. The van der Waals surface area contributed by atoms with Gasteiger partial charge >= 0.3 is 0 Å². The first-order valence-electron chi connectivity index (χ1n) is 7.25. The van der Waals surface area contributed by atoms with Gasteiger partial charge in [0.1, 0.15) is 5.75 Å². The minimum atomic E-state index is -0.547. The maximum Gasteiger partial charge on any atom is 0.261 e. The summed E-state index contributed by atoms with van der Waals surface area (Å²) < 4.78 is 6.63. The van der Waals surface area contributed by atoms with Crippen molar-refractivity contribution in [2.45, 2.75) is 32.9 Å². The molecule has 2 aromatic carbocycles. The Kier molecular flexibility index (Phi) is 5.61. The smallest absolute Gasteiger partial charge is 0.261 e. The molecule has 2 atom stereocenters. The van der Waals surface area contributed by atoms with E-state index in [0.717, 1.165) is 10.0 Å². The Morgan fingerprint density at radius 1 is 1.05 bits per heavy atom. The average Bonchev–Trinajstić information content (AvgIpc) is 2.50. The number of amides is 1. The molecular weight excluding hydrogens is 342 g/mol. The first kappa shape index (κ1) is 16.6. The lowest BCUT2D eigenvalue weighted by atomic mass is 10.1. The van der Waals surface area contributed by atoms with E-state index in [2.05, 4.69) is 21.2 Å². The Hall–Kier alpha value is -1.81. The molecule has 0 saturated carbocycles. The molecule has 0 radical (unpaired) electrons. The van der Waals surface area contributed by atoms with Crippen molar-refractivity contribution in [1.29, 1.82) is 0 Å². The Labute approximate surface area is 139 Å². The number of halogens is 1. The summed E-state index contributed by atoms with van der Waals surface area (Å²) in [5, 5.41) is 2.97. The predicted molar refractivity (Wildman–Crippen MR) is 92.0 cm³/mol. The Balaban J connectivity index is 1.93. The zero-order valence-electron chi connectivity index (χ0n) is 13.0. The van der Waals surface area contributed by atoms with E-state index in [9.17, 15) is 4.79 Å². The molecule has 0 heterocycles. The summed E-state index contributed by atoms with van der Waals surface area (Å²) in [6, 6.07) is 15.5. The second-order valence-electron chi connectivity index (χ2n) is 5.35. The Morgan fingerprint density at radius 3 is 2.23 bits per heavy atom. The van der Waals surface area contributed by atoms with Gasteiger partial charge in [-0.1, -0.05) is 45.8 Å². The normalized spacial score (nSPS) is 13.3. The fourth-order valence-corrected chi connectivity index (χ4v) is 2.30. The number of carbonyl (C=O) groups excluding carboxylic acids is 1. The van der Waals surface area contributed by atoms with Gasteiger partial charge in [0.15, 0.2) is 6.10 Å². The van der Waals surface area contributed by atoms with Gasteiger partial charge < -0.3 is 10.1 Å². The van der Waals surface area contributed by atoms with Crippen molar-refractivity contribution in [3.05, 3.63) is 64.1 Å². The lowest BCUT2D eigenvalue weighted by Gasteiger charge is -2.19. The molecule has 1 amide bonds. The molecule has 2 aromatic rings. The third-order valence-corrected chi connectivity index (χ3v) is 3.96. The highest BCUT2D eigenvalue weighted by atomic mass is 79.9. The van der Waals surface area contributed by atoms with E-state index < -0.39 is 6.10 Å². The number of rotatable bonds is 5.